The molecule has 0 saturated carbocycles. The zero-order valence-corrected chi connectivity index (χ0v) is 15.6. The molecule has 1 amide bonds. The number of nitrogens with zero attached hydrogens (tertiary/aromatic N) is 3. The van der Waals surface area contributed by atoms with Gasteiger partial charge in [0.1, 0.15) is 0 Å². The number of aromatic nitrogens is 3. The summed E-state index contributed by atoms with van der Waals surface area (Å²) in [5.74, 6) is -0.452. The van der Waals surface area contributed by atoms with E-state index in [1.165, 1.54) is 0 Å². The van der Waals surface area contributed by atoms with Gasteiger partial charge in [-0.25, -0.2) is 0 Å². The highest BCUT2D eigenvalue weighted by Crippen LogP contribution is 2.20. The van der Waals surface area contributed by atoms with E-state index >= 15 is 0 Å². The van der Waals surface area contributed by atoms with Crippen LogP contribution in [0, 0.1) is 6.92 Å². The largest absolute Gasteiger partial charge is 0.365 e. The number of primary amides is 1. The summed E-state index contributed by atoms with van der Waals surface area (Å²) in [6.07, 6.45) is 3.81. The second-order valence-electron chi connectivity index (χ2n) is 6.37. The third-order valence-corrected chi connectivity index (χ3v) is 4.60. The minimum atomic E-state index is -0.452. The van der Waals surface area contributed by atoms with Gasteiger partial charge in [-0.3, -0.25) is 14.5 Å². The van der Waals surface area contributed by atoms with Crippen LogP contribution < -0.4 is 5.73 Å². The van der Waals surface area contributed by atoms with Gasteiger partial charge in [-0.05, 0) is 49.1 Å². The van der Waals surface area contributed by atoms with Gasteiger partial charge in [-0.15, -0.1) is 0 Å². The first-order chi connectivity index (χ1) is 12.4. The zero-order chi connectivity index (χ0) is 18.7. The van der Waals surface area contributed by atoms with E-state index in [0.29, 0.717) is 29.1 Å². The molecule has 3 aromatic rings. The van der Waals surface area contributed by atoms with Crippen LogP contribution in [-0.4, -0.2) is 20.7 Å². The van der Waals surface area contributed by atoms with Crippen molar-refractivity contribution in [1.29, 1.82) is 0 Å². The van der Waals surface area contributed by atoms with Crippen molar-refractivity contribution in [2.75, 3.05) is 0 Å². The molecule has 134 valence electrons. The lowest BCUT2D eigenvalue weighted by molar-refractivity contribution is 0.0998. The molecular formula is C20H21ClN4O. The molecular weight excluding hydrogens is 348 g/mol. The average Bonchev–Trinajstić information content (AvgIpc) is 2.90. The number of hydrogen-bond donors (Lipinski definition) is 1. The van der Waals surface area contributed by atoms with E-state index in [2.05, 4.69) is 16.1 Å². The average molecular weight is 369 g/mol. The number of carbonyl (C=O) groups is 1. The van der Waals surface area contributed by atoms with E-state index < -0.39 is 5.91 Å². The minimum absolute atomic E-state index is 0.452. The summed E-state index contributed by atoms with van der Waals surface area (Å²) >= 11 is 6.06. The Bertz CT molecular complexity index is 931. The van der Waals surface area contributed by atoms with Crippen LogP contribution in [0.4, 0.5) is 0 Å². The number of benzene rings is 1. The van der Waals surface area contributed by atoms with Crippen LogP contribution in [-0.2, 0) is 26.3 Å². The Morgan fingerprint density at radius 1 is 1.19 bits per heavy atom. The third-order valence-electron chi connectivity index (χ3n) is 4.37. The number of nitrogens with two attached hydrogens (primary N) is 1. The molecule has 0 aliphatic rings. The van der Waals surface area contributed by atoms with E-state index in [4.69, 9.17) is 17.3 Å². The standard InChI is InChI=1S/C20H21ClN4O/c1-13-6-7-14(12-23-13)8-9-18-19(20(22)26)17(24-25(18)2)11-15-4-3-5-16(21)10-15/h3-7,10,12H,8-9,11H2,1-2H3,(H2,22,26). The Kier molecular flexibility index (Phi) is 5.38. The van der Waals surface area contributed by atoms with Crippen molar-refractivity contribution < 1.29 is 4.79 Å². The maximum absolute atomic E-state index is 12.1. The molecule has 5 nitrogen and oxygen atoms in total. The van der Waals surface area contributed by atoms with Crippen molar-refractivity contribution in [3.63, 3.8) is 0 Å². The monoisotopic (exact) mass is 368 g/mol. The van der Waals surface area contributed by atoms with Crippen molar-refractivity contribution in [2.45, 2.75) is 26.2 Å². The van der Waals surface area contributed by atoms with Gasteiger partial charge in [0.25, 0.3) is 5.91 Å². The molecule has 2 aromatic heterocycles. The number of halogens is 1. The fourth-order valence-electron chi connectivity index (χ4n) is 3.06. The first kappa shape index (κ1) is 18.1. The Balaban J connectivity index is 1.86. The van der Waals surface area contributed by atoms with Crippen LogP contribution in [0.3, 0.4) is 0 Å². The number of amides is 1. The van der Waals surface area contributed by atoms with Gasteiger partial charge in [0.2, 0.25) is 0 Å². The summed E-state index contributed by atoms with van der Waals surface area (Å²) in [6.45, 7) is 1.96. The lowest BCUT2D eigenvalue weighted by atomic mass is 10.0. The van der Waals surface area contributed by atoms with Crippen molar-refractivity contribution >= 4 is 17.5 Å². The minimum Gasteiger partial charge on any atom is -0.365 e. The number of hydrogen-bond acceptors (Lipinski definition) is 3. The van der Waals surface area contributed by atoms with Crippen LogP contribution in [0.25, 0.3) is 0 Å². The topological polar surface area (TPSA) is 73.8 Å². The van der Waals surface area contributed by atoms with Crippen LogP contribution >= 0.6 is 11.6 Å². The first-order valence-corrected chi connectivity index (χ1v) is 8.82. The van der Waals surface area contributed by atoms with Gasteiger partial charge in [0.05, 0.1) is 17.0 Å². The molecule has 0 saturated heterocycles. The fraction of sp³-hybridized carbons (Fsp3) is 0.250. The van der Waals surface area contributed by atoms with Gasteiger partial charge in [-0.1, -0.05) is 29.8 Å². The van der Waals surface area contributed by atoms with Crippen LogP contribution in [0.1, 0.15) is 38.6 Å². The third kappa shape index (κ3) is 4.11. The molecule has 0 aliphatic heterocycles. The first-order valence-electron chi connectivity index (χ1n) is 8.44. The lowest BCUT2D eigenvalue weighted by Gasteiger charge is -2.06. The van der Waals surface area contributed by atoms with Gasteiger partial charge >= 0.3 is 0 Å². The van der Waals surface area contributed by atoms with Crippen LogP contribution in [0.5, 0.6) is 0 Å². The predicted molar refractivity (Wildman–Crippen MR) is 102 cm³/mol. The zero-order valence-electron chi connectivity index (χ0n) is 14.9. The smallest absolute Gasteiger partial charge is 0.252 e. The number of aryl methyl sites for hydroxylation is 3. The quantitative estimate of drug-likeness (QED) is 0.725. The Morgan fingerprint density at radius 2 is 2.00 bits per heavy atom. The summed E-state index contributed by atoms with van der Waals surface area (Å²) < 4.78 is 1.75. The highest BCUT2D eigenvalue weighted by molar-refractivity contribution is 6.30. The molecule has 2 heterocycles. The van der Waals surface area contributed by atoms with E-state index in [-0.39, 0.29) is 0 Å². The number of carbonyl (C=O) groups excluding carboxylic acids is 1. The fourth-order valence-corrected chi connectivity index (χ4v) is 3.28. The molecule has 6 heteroatoms. The normalized spacial score (nSPS) is 10.9. The van der Waals surface area contributed by atoms with Crippen molar-refractivity contribution in [3.05, 3.63) is 81.4 Å². The molecule has 3 rings (SSSR count). The van der Waals surface area contributed by atoms with E-state index in [9.17, 15) is 4.79 Å². The summed E-state index contributed by atoms with van der Waals surface area (Å²) in [7, 11) is 1.84. The second-order valence-corrected chi connectivity index (χ2v) is 6.81. The van der Waals surface area contributed by atoms with Gasteiger partial charge in [0, 0.05) is 30.4 Å². The Labute approximate surface area is 157 Å². The molecule has 1 aromatic carbocycles. The molecule has 0 fully saturated rings. The molecule has 0 aliphatic carbocycles. The molecule has 0 bridgehead atoms. The summed E-state index contributed by atoms with van der Waals surface area (Å²) in [4.78, 5) is 16.4. The van der Waals surface area contributed by atoms with Gasteiger partial charge in [0.15, 0.2) is 0 Å². The van der Waals surface area contributed by atoms with Crippen molar-refractivity contribution in [2.24, 2.45) is 12.8 Å². The second kappa shape index (κ2) is 7.70. The molecule has 2 N–H and O–H groups in total. The van der Waals surface area contributed by atoms with Crippen LogP contribution in [0.15, 0.2) is 42.6 Å². The van der Waals surface area contributed by atoms with E-state index in [1.54, 1.807) is 4.68 Å². The lowest BCUT2D eigenvalue weighted by Crippen LogP contribution is -2.16. The SMILES string of the molecule is Cc1ccc(CCc2c(C(N)=O)c(Cc3cccc(Cl)c3)nn2C)cn1. The number of rotatable bonds is 6. The maximum atomic E-state index is 12.1. The Morgan fingerprint density at radius 3 is 2.65 bits per heavy atom. The van der Waals surface area contributed by atoms with Gasteiger partial charge in [-0.2, -0.15) is 5.10 Å². The van der Waals surface area contributed by atoms with Gasteiger partial charge < -0.3 is 5.73 Å². The molecule has 0 radical (unpaired) electrons. The molecule has 0 spiro atoms. The molecule has 26 heavy (non-hydrogen) atoms. The summed E-state index contributed by atoms with van der Waals surface area (Å²) in [5, 5.41) is 5.20. The predicted octanol–water partition coefficient (Wildman–Crippen LogP) is 3.25. The van der Waals surface area contributed by atoms with E-state index in [1.807, 2.05) is 50.5 Å². The highest BCUT2D eigenvalue weighted by Gasteiger charge is 2.20. The molecule has 0 unspecified atom stereocenters. The Hall–Kier alpha value is -2.66. The highest BCUT2D eigenvalue weighted by atomic mass is 35.5. The summed E-state index contributed by atoms with van der Waals surface area (Å²) in [5.41, 5.74) is 10.8. The molecule has 0 atom stereocenters. The summed E-state index contributed by atoms with van der Waals surface area (Å²) in [6, 6.07) is 11.6. The van der Waals surface area contributed by atoms with Crippen molar-refractivity contribution in [1.82, 2.24) is 14.8 Å². The number of pyridine rings is 1. The van der Waals surface area contributed by atoms with E-state index in [0.717, 1.165) is 28.9 Å². The van der Waals surface area contributed by atoms with Crippen LogP contribution in [0.2, 0.25) is 5.02 Å². The maximum Gasteiger partial charge on any atom is 0.252 e. The van der Waals surface area contributed by atoms with Crippen molar-refractivity contribution in [3.8, 4) is 0 Å².